The van der Waals surface area contributed by atoms with E-state index in [1.165, 1.54) is 4.90 Å². The number of nitrogens with zero attached hydrogens (tertiary/aromatic N) is 1. The number of carbonyl (C=O) groups excluding carboxylic acids is 3. The summed E-state index contributed by atoms with van der Waals surface area (Å²) in [6.45, 7) is 6.32. The van der Waals surface area contributed by atoms with Crippen LogP contribution in [0.1, 0.15) is 33.1 Å². The SMILES string of the molecule is CCOCCCNC(=O)C(=O)N1CCCC(C(=O)OCC)C1. The maximum atomic E-state index is 12.1. The average molecular weight is 314 g/mol. The first-order chi connectivity index (χ1) is 10.6. The Kier molecular flexibility index (Phi) is 8.50. The highest BCUT2D eigenvalue weighted by Gasteiger charge is 2.31. The highest BCUT2D eigenvalue weighted by Crippen LogP contribution is 2.18. The fourth-order valence-corrected chi connectivity index (χ4v) is 2.35. The molecule has 1 saturated heterocycles. The molecule has 1 rings (SSSR count). The van der Waals surface area contributed by atoms with Gasteiger partial charge in [0.1, 0.15) is 0 Å². The average Bonchev–Trinajstić information content (AvgIpc) is 2.54. The van der Waals surface area contributed by atoms with E-state index in [9.17, 15) is 14.4 Å². The van der Waals surface area contributed by atoms with Crippen LogP contribution >= 0.6 is 0 Å². The van der Waals surface area contributed by atoms with Crippen molar-refractivity contribution in [3.05, 3.63) is 0 Å². The van der Waals surface area contributed by atoms with Crippen molar-refractivity contribution in [2.45, 2.75) is 33.1 Å². The first-order valence-corrected chi connectivity index (χ1v) is 7.91. The lowest BCUT2D eigenvalue weighted by Crippen LogP contribution is -2.48. The molecule has 1 fully saturated rings. The van der Waals surface area contributed by atoms with Crippen molar-refractivity contribution in [1.29, 1.82) is 0 Å². The summed E-state index contributed by atoms with van der Waals surface area (Å²) in [5, 5.41) is 2.58. The molecule has 126 valence electrons. The Morgan fingerprint density at radius 3 is 2.68 bits per heavy atom. The third kappa shape index (κ3) is 6.01. The highest BCUT2D eigenvalue weighted by atomic mass is 16.5. The molecule has 1 heterocycles. The molecule has 7 heteroatoms. The lowest BCUT2D eigenvalue weighted by molar-refractivity contribution is -0.154. The lowest BCUT2D eigenvalue weighted by Gasteiger charge is -2.30. The zero-order valence-electron chi connectivity index (χ0n) is 13.4. The summed E-state index contributed by atoms with van der Waals surface area (Å²) in [7, 11) is 0. The number of esters is 1. The molecule has 1 aliphatic heterocycles. The Balaban J connectivity index is 2.37. The van der Waals surface area contributed by atoms with E-state index in [0.717, 1.165) is 0 Å². The first-order valence-electron chi connectivity index (χ1n) is 7.91. The molecule has 2 amide bonds. The molecule has 0 aromatic heterocycles. The molecule has 0 aromatic rings. The number of hydrogen-bond acceptors (Lipinski definition) is 5. The van der Waals surface area contributed by atoms with E-state index in [-0.39, 0.29) is 18.4 Å². The van der Waals surface area contributed by atoms with Crippen LogP contribution in [-0.4, -0.2) is 62.1 Å². The Bertz CT molecular complexity index is 386. The van der Waals surface area contributed by atoms with Crippen LogP contribution in [0.4, 0.5) is 0 Å². The molecular formula is C15H26N2O5. The molecule has 1 N–H and O–H groups in total. The molecule has 1 unspecified atom stereocenters. The van der Waals surface area contributed by atoms with E-state index in [4.69, 9.17) is 9.47 Å². The van der Waals surface area contributed by atoms with Gasteiger partial charge in [0.25, 0.3) is 0 Å². The molecule has 0 aliphatic carbocycles. The molecule has 1 atom stereocenters. The molecule has 0 aromatic carbocycles. The van der Waals surface area contributed by atoms with Gasteiger partial charge in [0, 0.05) is 32.8 Å². The van der Waals surface area contributed by atoms with Crippen LogP contribution in [0.5, 0.6) is 0 Å². The molecule has 0 bridgehead atoms. The van der Waals surface area contributed by atoms with E-state index < -0.39 is 11.8 Å². The van der Waals surface area contributed by atoms with Gasteiger partial charge in [-0.25, -0.2) is 0 Å². The number of rotatable bonds is 7. The summed E-state index contributed by atoms with van der Waals surface area (Å²) in [5.41, 5.74) is 0. The van der Waals surface area contributed by atoms with Gasteiger partial charge < -0.3 is 19.7 Å². The highest BCUT2D eigenvalue weighted by molar-refractivity contribution is 6.35. The van der Waals surface area contributed by atoms with Crippen LogP contribution < -0.4 is 5.32 Å². The van der Waals surface area contributed by atoms with Crippen LogP contribution in [0.25, 0.3) is 0 Å². The topological polar surface area (TPSA) is 84.9 Å². The normalized spacial score (nSPS) is 17.9. The van der Waals surface area contributed by atoms with Crippen LogP contribution in [0, 0.1) is 5.92 Å². The minimum absolute atomic E-state index is 0.254. The number of nitrogens with one attached hydrogen (secondary N) is 1. The summed E-state index contributed by atoms with van der Waals surface area (Å²) in [6.07, 6.45) is 2.06. The van der Waals surface area contributed by atoms with Crippen molar-refractivity contribution in [2.24, 2.45) is 5.92 Å². The van der Waals surface area contributed by atoms with Crippen molar-refractivity contribution in [3.63, 3.8) is 0 Å². The van der Waals surface area contributed by atoms with Crippen LogP contribution in [-0.2, 0) is 23.9 Å². The van der Waals surface area contributed by atoms with Crippen LogP contribution in [0.3, 0.4) is 0 Å². The predicted octanol–water partition coefficient (Wildman–Crippen LogP) is 0.331. The Morgan fingerprint density at radius 2 is 2.00 bits per heavy atom. The fourth-order valence-electron chi connectivity index (χ4n) is 2.35. The van der Waals surface area contributed by atoms with E-state index in [2.05, 4.69) is 5.32 Å². The van der Waals surface area contributed by atoms with Gasteiger partial charge in [0.05, 0.1) is 12.5 Å². The van der Waals surface area contributed by atoms with Crippen molar-refractivity contribution in [1.82, 2.24) is 10.2 Å². The van der Waals surface area contributed by atoms with Gasteiger partial charge in [-0.1, -0.05) is 0 Å². The third-order valence-electron chi connectivity index (χ3n) is 3.48. The number of carbonyl (C=O) groups is 3. The second kappa shape index (κ2) is 10.2. The summed E-state index contributed by atoms with van der Waals surface area (Å²) in [5.74, 6) is -1.83. The van der Waals surface area contributed by atoms with Crippen LogP contribution in [0.2, 0.25) is 0 Å². The lowest BCUT2D eigenvalue weighted by atomic mass is 9.98. The van der Waals surface area contributed by atoms with E-state index in [0.29, 0.717) is 52.2 Å². The largest absolute Gasteiger partial charge is 0.466 e. The van der Waals surface area contributed by atoms with Gasteiger partial charge in [-0.05, 0) is 33.1 Å². The van der Waals surface area contributed by atoms with Gasteiger partial charge in [0.15, 0.2) is 0 Å². The standard InChI is InChI=1S/C15H26N2O5/c1-3-21-10-6-8-16-13(18)14(19)17-9-5-7-12(11-17)15(20)22-4-2/h12H,3-11H2,1-2H3,(H,16,18). The third-order valence-corrected chi connectivity index (χ3v) is 3.48. The smallest absolute Gasteiger partial charge is 0.311 e. The molecule has 0 saturated carbocycles. The summed E-state index contributed by atoms with van der Waals surface area (Å²) >= 11 is 0. The minimum Gasteiger partial charge on any atom is -0.466 e. The summed E-state index contributed by atoms with van der Waals surface area (Å²) in [4.78, 5) is 37.1. The van der Waals surface area contributed by atoms with E-state index >= 15 is 0 Å². The molecular weight excluding hydrogens is 288 g/mol. The second-order valence-electron chi connectivity index (χ2n) is 5.15. The van der Waals surface area contributed by atoms with Gasteiger partial charge >= 0.3 is 17.8 Å². The Morgan fingerprint density at radius 1 is 1.23 bits per heavy atom. The quantitative estimate of drug-likeness (QED) is 0.416. The van der Waals surface area contributed by atoms with Crippen molar-refractivity contribution in [3.8, 4) is 0 Å². The number of likely N-dealkylation sites (tertiary alicyclic amines) is 1. The summed E-state index contributed by atoms with van der Waals surface area (Å²) < 4.78 is 10.1. The molecule has 7 nitrogen and oxygen atoms in total. The Labute approximate surface area is 131 Å². The number of ether oxygens (including phenoxy) is 2. The second-order valence-corrected chi connectivity index (χ2v) is 5.15. The maximum absolute atomic E-state index is 12.1. The summed E-state index contributed by atoms with van der Waals surface area (Å²) in [6, 6.07) is 0. The maximum Gasteiger partial charge on any atom is 0.311 e. The first kappa shape index (κ1) is 18.4. The number of piperidine rings is 1. The van der Waals surface area contributed by atoms with Gasteiger partial charge in [-0.15, -0.1) is 0 Å². The zero-order valence-corrected chi connectivity index (χ0v) is 13.4. The molecule has 1 aliphatic rings. The van der Waals surface area contributed by atoms with Gasteiger partial charge in [0.2, 0.25) is 0 Å². The Hall–Kier alpha value is -1.63. The monoisotopic (exact) mass is 314 g/mol. The molecule has 22 heavy (non-hydrogen) atoms. The fraction of sp³-hybridized carbons (Fsp3) is 0.800. The van der Waals surface area contributed by atoms with Crippen molar-refractivity contribution < 1.29 is 23.9 Å². The molecule has 0 radical (unpaired) electrons. The van der Waals surface area contributed by atoms with E-state index in [1.807, 2.05) is 6.92 Å². The number of amides is 2. The van der Waals surface area contributed by atoms with Crippen molar-refractivity contribution >= 4 is 17.8 Å². The van der Waals surface area contributed by atoms with Crippen LogP contribution in [0.15, 0.2) is 0 Å². The van der Waals surface area contributed by atoms with E-state index in [1.54, 1.807) is 6.92 Å². The van der Waals surface area contributed by atoms with Gasteiger partial charge in [-0.3, -0.25) is 14.4 Å². The minimum atomic E-state index is -0.624. The number of hydrogen-bond donors (Lipinski definition) is 1. The van der Waals surface area contributed by atoms with Gasteiger partial charge in [-0.2, -0.15) is 0 Å². The predicted molar refractivity (Wildman–Crippen MR) is 80.1 cm³/mol. The molecule has 0 spiro atoms. The van der Waals surface area contributed by atoms with Crippen molar-refractivity contribution in [2.75, 3.05) is 39.5 Å². The zero-order chi connectivity index (χ0) is 16.4.